The lowest BCUT2D eigenvalue weighted by Gasteiger charge is -2.19. The zero-order valence-corrected chi connectivity index (χ0v) is 23.0. The van der Waals surface area contributed by atoms with Gasteiger partial charge in [0, 0.05) is 16.5 Å². The Balaban J connectivity index is 1.54. The molecule has 3 heteroatoms. The third kappa shape index (κ3) is 5.45. The minimum atomic E-state index is -0.247. The van der Waals surface area contributed by atoms with Crippen LogP contribution in [0.4, 0.5) is 0 Å². The molecule has 0 saturated carbocycles. The van der Waals surface area contributed by atoms with E-state index in [1.54, 1.807) is 0 Å². The fourth-order valence-corrected chi connectivity index (χ4v) is 4.79. The van der Waals surface area contributed by atoms with Gasteiger partial charge in [0.2, 0.25) is 0 Å². The Morgan fingerprint density at radius 3 is 1.23 bits per heavy atom. The van der Waals surface area contributed by atoms with Crippen LogP contribution in [0.3, 0.4) is 0 Å². The standard InChI is InChI=1S/C37H31N3/c1-37(2,3)36-39-34(30-21-13-20-29(22-30)26-14-7-4-8-15-26)38-35(40-36)33-24-31(27-16-9-5-10-17-27)23-32(25-33)28-18-11-6-12-19-28/h4-25H,1-3H3. The molecule has 40 heavy (non-hydrogen) atoms. The summed E-state index contributed by atoms with van der Waals surface area (Å²) in [5.41, 5.74) is 8.55. The highest BCUT2D eigenvalue weighted by molar-refractivity contribution is 5.80. The summed E-state index contributed by atoms with van der Waals surface area (Å²) in [6.45, 7) is 6.43. The minimum Gasteiger partial charge on any atom is -0.212 e. The fraction of sp³-hybridized carbons (Fsp3) is 0.108. The highest BCUT2D eigenvalue weighted by Gasteiger charge is 2.22. The molecule has 194 valence electrons. The van der Waals surface area contributed by atoms with Gasteiger partial charge < -0.3 is 0 Å². The minimum absolute atomic E-state index is 0.247. The number of nitrogens with zero attached hydrogens (tertiary/aromatic N) is 3. The van der Waals surface area contributed by atoms with Crippen LogP contribution in [0, 0.1) is 0 Å². The summed E-state index contributed by atoms with van der Waals surface area (Å²) >= 11 is 0. The van der Waals surface area contributed by atoms with Crippen molar-refractivity contribution in [2.45, 2.75) is 26.2 Å². The van der Waals surface area contributed by atoms with Crippen LogP contribution in [0.2, 0.25) is 0 Å². The van der Waals surface area contributed by atoms with Gasteiger partial charge in [-0.15, -0.1) is 0 Å². The van der Waals surface area contributed by atoms with Gasteiger partial charge in [-0.3, -0.25) is 0 Å². The number of aromatic nitrogens is 3. The van der Waals surface area contributed by atoms with E-state index in [1.165, 1.54) is 0 Å². The molecule has 0 fully saturated rings. The molecule has 0 aliphatic carbocycles. The highest BCUT2D eigenvalue weighted by atomic mass is 15.0. The maximum Gasteiger partial charge on any atom is 0.163 e. The molecule has 0 atom stereocenters. The van der Waals surface area contributed by atoms with E-state index >= 15 is 0 Å². The third-order valence-electron chi connectivity index (χ3n) is 6.94. The Hall–Kier alpha value is -4.89. The van der Waals surface area contributed by atoms with Crippen LogP contribution in [0.5, 0.6) is 0 Å². The molecule has 6 rings (SSSR count). The van der Waals surface area contributed by atoms with Gasteiger partial charge >= 0.3 is 0 Å². The van der Waals surface area contributed by atoms with Gasteiger partial charge in [0.15, 0.2) is 11.6 Å². The zero-order valence-electron chi connectivity index (χ0n) is 23.0. The maximum atomic E-state index is 5.07. The predicted octanol–water partition coefficient (Wildman–Crippen LogP) is 9.50. The lowest BCUT2D eigenvalue weighted by atomic mass is 9.94. The SMILES string of the molecule is CC(C)(C)c1nc(-c2cccc(-c3ccccc3)c2)nc(-c2cc(-c3ccccc3)cc(-c3ccccc3)c2)n1. The molecule has 0 N–H and O–H groups in total. The van der Waals surface area contributed by atoms with E-state index in [-0.39, 0.29) is 5.41 Å². The first-order valence-electron chi connectivity index (χ1n) is 13.6. The summed E-state index contributed by atoms with van der Waals surface area (Å²) in [6.07, 6.45) is 0. The van der Waals surface area contributed by atoms with Crippen molar-refractivity contribution in [3.63, 3.8) is 0 Å². The largest absolute Gasteiger partial charge is 0.212 e. The lowest BCUT2D eigenvalue weighted by molar-refractivity contribution is 0.543. The van der Waals surface area contributed by atoms with Crippen LogP contribution in [-0.2, 0) is 5.41 Å². The molecule has 1 aromatic heterocycles. The average molecular weight is 518 g/mol. The number of hydrogen-bond donors (Lipinski definition) is 0. The lowest BCUT2D eigenvalue weighted by Crippen LogP contribution is -2.18. The van der Waals surface area contributed by atoms with Crippen LogP contribution in [0.1, 0.15) is 26.6 Å². The summed E-state index contributed by atoms with van der Waals surface area (Å²) in [5.74, 6) is 2.12. The summed E-state index contributed by atoms with van der Waals surface area (Å²) in [6, 6.07) is 46.4. The van der Waals surface area contributed by atoms with Crippen molar-refractivity contribution < 1.29 is 0 Å². The van der Waals surface area contributed by atoms with Gasteiger partial charge in [0.05, 0.1) is 0 Å². The molecule has 0 unspecified atom stereocenters. The van der Waals surface area contributed by atoms with Crippen molar-refractivity contribution >= 4 is 0 Å². The quantitative estimate of drug-likeness (QED) is 0.229. The van der Waals surface area contributed by atoms with Crippen molar-refractivity contribution in [2.24, 2.45) is 0 Å². The molecule has 0 aliphatic rings. The van der Waals surface area contributed by atoms with Crippen LogP contribution >= 0.6 is 0 Å². The molecule has 3 nitrogen and oxygen atoms in total. The van der Waals surface area contributed by atoms with E-state index in [9.17, 15) is 0 Å². The van der Waals surface area contributed by atoms with Crippen LogP contribution < -0.4 is 0 Å². The molecular weight excluding hydrogens is 486 g/mol. The highest BCUT2D eigenvalue weighted by Crippen LogP contribution is 2.34. The first-order chi connectivity index (χ1) is 19.4. The third-order valence-corrected chi connectivity index (χ3v) is 6.94. The van der Waals surface area contributed by atoms with E-state index in [1.807, 2.05) is 18.2 Å². The van der Waals surface area contributed by atoms with Crippen molar-refractivity contribution in [1.29, 1.82) is 0 Å². The summed E-state index contributed by atoms with van der Waals surface area (Å²) in [4.78, 5) is 15.1. The molecule has 1 heterocycles. The van der Waals surface area contributed by atoms with Crippen molar-refractivity contribution in [3.8, 4) is 56.2 Å². The Labute approximate surface area is 236 Å². The molecule has 0 amide bonds. The van der Waals surface area contributed by atoms with Crippen LogP contribution in [0.25, 0.3) is 56.2 Å². The second-order valence-corrected chi connectivity index (χ2v) is 11.0. The van der Waals surface area contributed by atoms with Gasteiger partial charge in [-0.25, -0.2) is 15.0 Å². The van der Waals surface area contributed by atoms with Crippen molar-refractivity contribution in [2.75, 3.05) is 0 Å². The molecule has 5 aromatic carbocycles. The van der Waals surface area contributed by atoms with Gasteiger partial charge in [-0.05, 0) is 57.6 Å². The summed E-state index contributed by atoms with van der Waals surface area (Å²) in [5, 5.41) is 0. The smallest absolute Gasteiger partial charge is 0.163 e. The maximum absolute atomic E-state index is 5.07. The van der Waals surface area contributed by atoms with E-state index < -0.39 is 0 Å². The Morgan fingerprint density at radius 1 is 0.350 bits per heavy atom. The van der Waals surface area contributed by atoms with E-state index in [0.717, 1.165) is 50.3 Å². The van der Waals surface area contributed by atoms with Crippen molar-refractivity contribution in [3.05, 3.63) is 139 Å². The molecule has 0 spiro atoms. The number of rotatable bonds is 5. The van der Waals surface area contributed by atoms with Crippen LogP contribution in [0.15, 0.2) is 133 Å². The summed E-state index contributed by atoms with van der Waals surface area (Å²) in [7, 11) is 0. The molecule has 0 aliphatic heterocycles. The molecule has 0 radical (unpaired) electrons. The van der Waals surface area contributed by atoms with Gasteiger partial charge in [-0.1, -0.05) is 130 Å². The van der Waals surface area contributed by atoms with E-state index in [4.69, 9.17) is 15.0 Å². The van der Waals surface area contributed by atoms with E-state index in [2.05, 4.69) is 136 Å². The predicted molar refractivity (Wildman–Crippen MR) is 166 cm³/mol. The molecule has 0 saturated heterocycles. The Bertz CT molecular complexity index is 1700. The normalized spacial score (nSPS) is 11.4. The molecule has 6 aromatic rings. The first-order valence-corrected chi connectivity index (χ1v) is 13.6. The van der Waals surface area contributed by atoms with Crippen LogP contribution in [-0.4, -0.2) is 15.0 Å². The van der Waals surface area contributed by atoms with Gasteiger partial charge in [0.1, 0.15) is 5.82 Å². The summed E-state index contributed by atoms with van der Waals surface area (Å²) < 4.78 is 0. The average Bonchev–Trinajstić information content (AvgIpc) is 3.01. The number of hydrogen-bond acceptors (Lipinski definition) is 3. The zero-order chi connectivity index (χ0) is 27.5. The molecular formula is C37H31N3. The monoisotopic (exact) mass is 517 g/mol. The fourth-order valence-electron chi connectivity index (χ4n) is 4.79. The number of benzene rings is 5. The van der Waals surface area contributed by atoms with E-state index in [0.29, 0.717) is 11.6 Å². The Morgan fingerprint density at radius 2 is 0.725 bits per heavy atom. The molecule has 0 bridgehead atoms. The second-order valence-electron chi connectivity index (χ2n) is 11.0. The topological polar surface area (TPSA) is 38.7 Å². The van der Waals surface area contributed by atoms with Gasteiger partial charge in [0.25, 0.3) is 0 Å². The van der Waals surface area contributed by atoms with Gasteiger partial charge in [-0.2, -0.15) is 0 Å². The van der Waals surface area contributed by atoms with Crippen molar-refractivity contribution in [1.82, 2.24) is 15.0 Å². The Kier molecular flexibility index (Phi) is 6.79. The first kappa shape index (κ1) is 25.4. The second kappa shape index (κ2) is 10.7.